The van der Waals surface area contributed by atoms with Crippen LogP contribution in [0.2, 0.25) is 0 Å². The van der Waals surface area contributed by atoms with Crippen LogP contribution in [0, 0.1) is 12.7 Å². The third-order valence-electron chi connectivity index (χ3n) is 6.25. The summed E-state index contributed by atoms with van der Waals surface area (Å²) in [7, 11) is 1.37. The summed E-state index contributed by atoms with van der Waals surface area (Å²) in [5.41, 5.74) is 0.942. The van der Waals surface area contributed by atoms with Gasteiger partial charge in [0.05, 0.1) is 25.7 Å². The van der Waals surface area contributed by atoms with E-state index in [9.17, 15) is 27.6 Å². The summed E-state index contributed by atoms with van der Waals surface area (Å²) in [5.74, 6) is -5.12. The van der Waals surface area contributed by atoms with Crippen molar-refractivity contribution in [2.45, 2.75) is 24.9 Å². The fourth-order valence-electron chi connectivity index (χ4n) is 4.17. The number of pyridine rings is 2. The number of aromatic nitrogens is 2. The Morgan fingerprint density at radius 2 is 1.93 bits per heavy atom. The molecule has 4 rings (SSSR count). The molecule has 40 heavy (non-hydrogen) atoms. The van der Waals surface area contributed by atoms with Crippen molar-refractivity contribution >= 4 is 23.7 Å². The fourth-order valence-corrected chi connectivity index (χ4v) is 4.17. The van der Waals surface area contributed by atoms with E-state index in [1.807, 2.05) is 0 Å². The number of aryl methyl sites for hydroxylation is 1. The quantitative estimate of drug-likeness (QED) is 0.371. The molecular formula is C27H27F3N6O4. The van der Waals surface area contributed by atoms with Gasteiger partial charge in [0.1, 0.15) is 23.4 Å². The van der Waals surface area contributed by atoms with E-state index in [-0.39, 0.29) is 23.7 Å². The minimum absolute atomic E-state index is 0.0115. The number of urea groups is 1. The Kier molecular flexibility index (Phi) is 8.63. The van der Waals surface area contributed by atoms with Gasteiger partial charge >= 0.3 is 6.03 Å². The van der Waals surface area contributed by atoms with Gasteiger partial charge in [0.25, 0.3) is 17.7 Å². The lowest BCUT2D eigenvalue weighted by Crippen LogP contribution is -2.58. The zero-order valence-electron chi connectivity index (χ0n) is 21.7. The van der Waals surface area contributed by atoms with Crippen LogP contribution in [0.1, 0.15) is 39.3 Å². The summed E-state index contributed by atoms with van der Waals surface area (Å²) in [4.78, 5) is 47.7. The lowest BCUT2D eigenvalue weighted by atomic mass is 10.0. The highest BCUT2D eigenvalue weighted by Crippen LogP contribution is 2.29. The Labute approximate surface area is 227 Å². The van der Waals surface area contributed by atoms with E-state index in [0.717, 1.165) is 11.0 Å². The van der Waals surface area contributed by atoms with Crippen LogP contribution in [0.25, 0.3) is 0 Å². The number of alkyl halides is 2. The number of nitrogens with one attached hydrogen (secondary N) is 3. The maximum atomic E-state index is 14.4. The van der Waals surface area contributed by atoms with Crippen molar-refractivity contribution in [3.63, 3.8) is 0 Å². The number of ether oxygens (including phenoxy) is 1. The average Bonchev–Trinajstić information content (AvgIpc) is 2.94. The molecule has 13 heteroatoms. The molecule has 1 aliphatic rings. The monoisotopic (exact) mass is 556 g/mol. The van der Waals surface area contributed by atoms with Crippen LogP contribution in [-0.4, -0.2) is 65.4 Å². The third kappa shape index (κ3) is 6.72. The van der Waals surface area contributed by atoms with Crippen molar-refractivity contribution in [1.82, 2.24) is 25.5 Å². The van der Waals surface area contributed by atoms with E-state index in [2.05, 4.69) is 25.9 Å². The number of hydrogen-bond acceptors (Lipinski definition) is 6. The number of methoxy groups -OCH3 is 1. The minimum atomic E-state index is -3.15. The first-order valence-electron chi connectivity index (χ1n) is 12.2. The molecule has 0 spiro atoms. The smallest absolute Gasteiger partial charge is 0.318 e. The topological polar surface area (TPSA) is 126 Å². The van der Waals surface area contributed by atoms with E-state index in [1.54, 1.807) is 19.1 Å². The maximum Gasteiger partial charge on any atom is 0.318 e. The number of halogens is 3. The molecule has 1 aliphatic heterocycles. The predicted molar refractivity (Wildman–Crippen MR) is 138 cm³/mol. The molecule has 0 saturated carbocycles. The third-order valence-corrected chi connectivity index (χ3v) is 6.25. The first kappa shape index (κ1) is 28.5. The molecule has 210 valence electrons. The summed E-state index contributed by atoms with van der Waals surface area (Å²) in [6.45, 7) is -0.139. The molecule has 3 heterocycles. The van der Waals surface area contributed by atoms with E-state index >= 15 is 0 Å². The normalized spacial score (nSPS) is 16.0. The van der Waals surface area contributed by atoms with Crippen LogP contribution in [-0.2, 0) is 9.53 Å². The molecule has 2 aromatic heterocycles. The summed E-state index contributed by atoms with van der Waals surface area (Å²) in [6, 6.07) is 8.80. The highest BCUT2D eigenvalue weighted by Gasteiger charge is 2.42. The van der Waals surface area contributed by atoms with Gasteiger partial charge in [-0.1, -0.05) is 18.2 Å². The van der Waals surface area contributed by atoms with E-state index in [1.165, 1.54) is 49.8 Å². The summed E-state index contributed by atoms with van der Waals surface area (Å²) in [5, 5.41) is 7.32. The SMILES string of the molecule is COC[C@H](c1ccnc(NC(=O)[C@@H](NC(=O)c2ccccn2)c2ccc(C)c(F)c2)c1)N1CC(F)(F)CNC1=O. The molecule has 4 amide bonds. The van der Waals surface area contributed by atoms with Crippen molar-refractivity contribution in [1.29, 1.82) is 0 Å². The molecule has 1 aromatic carbocycles. The number of nitrogens with zero attached hydrogens (tertiary/aromatic N) is 3. The van der Waals surface area contributed by atoms with Crippen molar-refractivity contribution in [2.75, 3.05) is 32.1 Å². The second kappa shape index (κ2) is 12.1. The van der Waals surface area contributed by atoms with Gasteiger partial charge < -0.3 is 25.6 Å². The Morgan fingerprint density at radius 3 is 2.62 bits per heavy atom. The van der Waals surface area contributed by atoms with Crippen LogP contribution in [0.4, 0.5) is 23.8 Å². The molecule has 0 unspecified atom stereocenters. The van der Waals surface area contributed by atoms with Crippen LogP contribution in [0.3, 0.4) is 0 Å². The summed E-state index contributed by atoms with van der Waals surface area (Å²) >= 11 is 0. The number of rotatable bonds is 9. The Morgan fingerprint density at radius 1 is 1.12 bits per heavy atom. The van der Waals surface area contributed by atoms with Gasteiger partial charge in [0, 0.05) is 19.5 Å². The molecular weight excluding hydrogens is 529 g/mol. The molecule has 0 aliphatic carbocycles. The van der Waals surface area contributed by atoms with Gasteiger partial charge in [-0.25, -0.2) is 22.9 Å². The van der Waals surface area contributed by atoms with Crippen molar-refractivity contribution in [3.05, 3.63) is 89.1 Å². The fraction of sp³-hybridized carbons (Fsp3) is 0.296. The Bertz CT molecular complexity index is 1390. The van der Waals surface area contributed by atoms with Crippen LogP contribution in [0.5, 0.6) is 0 Å². The minimum Gasteiger partial charge on any atom is -0.382 e. The van der Waals surface area contributed by atoms with Crippen molar-refractivity contribution in [3.8, 4) is 0 Å². The van der Waals surface area contributed by atoms with Gasteiger partial charge in [-0.3, -0.25) is 14.6 Å². The maximum absolute atomic E-state index is 14.4. The highest BCUT2D eigenvalue weighted by molar-refractivity contribution is 6.00. The van der Waals surface area contributed by atoms with Gasteiger partial charge in [-0.2, -0.15) is 0 Å². The molecule has 2 atom stereocenters. The van der Waals surface area contributed by atoms with Crippen LogP contribution >= 0.6 is 0 Å². The molecule has 0 radical (unpaired) electrons. The van der Waals surface area contributed by atoms with Gasteiger partial charge in [-0.15, -0.1) is 0 Å². The largest absolute Gasteiger partial charge is 0.382 e. The Balaban J connectivity index is 1.61. The van der Waals surface area contributed by atoms with Crippen LogP contribution < -0.4 is 16.0 Å². The standard InChI is InChI=1S/C27H27F3N6O4/c1-16-6-7-18(11-19(16)28)23(35-24(37)20-5-3-4-9-31-20)25(38)34-22-12-17(8-10-32-22)21(13-40-2)36-15-27(29,30)14-33-26(36)39/h3-12,21,23H,13-15H2,1-2H3,(H,33,39)(H,35,37)(H,32,34,38)/t21-,23+/m1/s1. The van der Waals surface area contributed by atoms with E-state index < -0.39 is 54.8 Å². The van der Waals surface area contributed by atoms with Gasteiger partial charge in [0.2, 0.25) is 0 Å². The number of carbonyl (C=O) groups is 3. The number of hydrogen-bond donors (Lipinski definition) is 3. The predicted octanol–water partition coefficient (Wildman–Crippen LogP) is 3.38. The summed E-state index contributed by atoms with van der Waals surface area (Å²) < 4.78 is 47.8. The zero-order chi connectivity index (χ0) is 28.9. The van der Waals surface area contributed by atoms with E-state index in [0.29, 0.717) is 11.1 Å². The lowest BCUT2D eigenvalue weighted by molar-refractivity contribution is -0.118. The molecule has 1 saturated heterocycles. The van der Waals surface area contributed by atoms with Gasteiger partial charge in [-0.05, 0) is 53.9 Å². The molecule has 3 N–H and O–H groups in total. The molecule has 3 aromatic rings. The van der Waals surface area contributed by atoms with Crippen molar-refractivity contribution in [2.24, 2.45) is 0 Å². The number of carbonyl (C=O) groups excluding carboxylic acids is 3. The lowest BCUT2D eigenvalue weighted by Gasteiger charge is -2.38. The number of anilines is 1. The van der Waals surface area contributed by atoms with Gasteiger partial charge in [0.15, 0.2) is 0 Å². The zero-order valence-corrected chi connectivity index (χ0v) is 21.7. The molecule has 0 bridgehead atoms. The number of benzene rings is 1. The second-order valence-corrected chi connectivity index (χ2v) is 9.21. The average molecular weight is 557 g/mol. The number of amides is 4. The summed E-state index contributed by atoms with van der Waals surface area (Å²) in [6.07, 6.45) is 2.75. The first-order valence-corrected chi connectivity index (χ1v) is 12.2. The molecule has 1 fully saturated rings. The molecule has 10 nitrogen and oxygen atoms in total. The highest BCUT2D eigenvalue weighted by atomic mass is 19.3. The van der Waals surface area contributed by atoms with Crippen molar-refractivity contribution < 1.29 is 32.3 Å². The van der Waals surface area contributed by atoms with E-state index in [4.69, 9.17) is 4.74 Å². The second-order valence-electron chi connectivity index (χ2n) is 9.21. The Hall–Kier alpha value is -4.52. The first-order chi connectivity index (χ1) is 19.1. The van der Waals surface area contributed by atoms with Crippen LogP contribution in [0.15, 0.2) is 60.9 Å².